The lowest BCUT2D eigenvalue weighted by Crippen LogP contribution is -2.30. The Hall–Kier alpha value is -3.96. The van der Waals surface area contributed by atoms with Gasteiger partial charge in [-0.15, -0.1) is 0 Å². The summed E-state index contributed by atoms with van der Waals surface area (Å²) in [5.74, 6) is 0.694. The van der Waals surface area contributed by atoms with Crippen LogP contribution in [0, 0.1) is 0 Å². The smallest absolute Gasteiger partial charge is 0.260 e. The SMILES string of the molecule is COc1ccc2nc(N(Cc3ccccc3)C(=O)c3ccc(-c4ccccc4)cc3)sc2c1. The lowest BCUT2D eigenvalue weighted by molar-refractivity contribution is 0.0985. The van der Waals surface area contributed by atoms with Crippen molar-refractivity contribution in [3.63, 3.8) is 0 Å². The number of aromatic nitrogens is 1. The van der Waals surface area contributed by atoms with Crippen LogP contribution < -0.4 is 9.64 Å². The highest BCUT2D eigenvalue weighted by Crippen LogP contribution is 2.33. The number of ether oxygens (including phenoxy) is 1. The number of thiazole rings is 1. The van der Waals surface area contributed by atoms with Crippen molar-refractivity contribution < 1.29 is 9.53 Å². The van der Waals surface area contributed by atoms with Gasteiger partial charge in [0.05, 0.1) is 23.9 Å². The van der Waals surface area contributed by atoms with E-state index < -0.39 is 0 Å². The molecule has 1 aromatic heterocycles. The number of rotatable bonds is 6. The molecule has 5 heteroatoms. The van der Waals surface area contributed by atoms with E-state index in [1.54, 1.807) is 12.0 Å². The first kappa shape index (κ1) is 20.9. The van der Waals surface area contributed by atoms with Gasteiger partial charge in [-0.2, -0.15) is 0 Å². The lowest BCUT2D eigenvalue weighted by Gasteiger charge is -2.20. The zero-order valence-corrected chi connectivity index (χ0v) is 19.0. The molecule has 4 aromatic carbocycles. The molecule has 1 amide bonds. The highest BCUT2D eigenvalue weighted by Gasteiger charge is 2.22. The third-order valence-electron chi connectivity index (χ3n) is 5.48. The third kappa shape index (κ3) is 4.49. The average molecular weight is 451 g/mol. The molecule has 1 heterocycles. The van der Waals surface area contributed by atoms with Gasteiger partial charge >= 0.3 is 0 Å². The quantitative estimate of drug-likeness (QED) is 0.285. The summed E-state index contributed by atoms with van der Waals surface area (Å²) in [5, 5.41) is 0.666. The topological polar surface area (TPSA) is 42.4 Å². The van der Waals surface area contributed by atoms with Crippen molar-refractivity contribution in [2.24, 2.45) is 0 Å². The molecular formula is C28H22N2O2S. The van der Waals surface area contributed by atoms with Gasteiger partial charge in [0.2, 0.25) is 0 Å². The lowest BCUT2D eigenvalue weighted by atomic mass is 10.0. The van der Waals surface area contributed by atoms with E-state index >= 15 is 0 Å². The van der Waals surface area contributed by atoms with Crippen molar-refractivity contribution in [2.75, 3.05) is 12.0 Å². The van der Waals surface area contributed by atoms with Crippen molar-refractivity contribution in [1.82, 2.24) is 4.98 Å². The maximum atomic E-state index is 13.7. The van der Waals surface area contributed by atoms with E-state index in [0.717, 1.165) is 32.7 Å². The molecule has 0 saturated carbocycles. The molecular weight excluding hydrogens is 428 g/mol. The van der Waals surface area contributed by atoms with Crippen LogP contribution in [0.4, 0.5) is 5.13 Å². The Balaban J connectivity index is 1.50. The number of anilines is 1. The molecule has 33 heavy (non-hydrogen) atoms. The van der Waals surface area contributed by atoms with Crippen LogP contribution in [0.15, 0.2) is 103 Å². The Morgan fingerprint density at radius 2 is 1.52 bits per heavy atom. The fourth-order valence-corrected chi connectivity index (χ4v) is 4.71. The number of carbonyl (C=O) groups excluding carboxylic acids is 1. The van der Waals surface area contributed by atoms with Crippen molar-refractivity contribution in [3.05, 3.63) is 114 Å². The molecule has 4 nitrogen and oxygen atoms in total. The first-order valence-corrected chi connectivity index (χ1v) is 11.5. The minimum absolute atomic E-state index is 0.0792. The molecule has 0 aliphatic heterocycles. The Morgan fingerprint density at radius 1 is 0.848 bits per heavy atom. The molecule has 0 unspecified atom stereocenters. The minimum atomic E-state index is -0.0792. The maximum Gasteiger partial charge on any atom is 0.260 e. The Kier molecular flexibility index (Phi) is 5.87. The Bertz CT molecular complexity index is 1380. The van der Waals surface area contributed by atoms with E-state index in [1.807, 2.05) is 91.0 Å². The normalized spacial score (nSPS) is 10.8. The number of amides is 1. The van der Waals surface area contributed by atoms with Crippen molar-refractivity contribution >= 4 is 32.6 Å². The van der Waals surface area contributed by atoms with Crippen LogP contribution in [0.2, 0.25) is 0 Å². The summed E-state index contributed by atoms with van der Waals surface area (Å²) in [6, 6.07) is 33.7. The summed E-state index contributed by atoms with van der Waals surface area (Å²) >= 11 is 1.49. The van der Waals surface area contributed by atoms with E-state index in [-0.39, 0.29) is 5.91 Å². The van der Waals surface area contributed by atoms with Gasteiger partial charge in [-0.05, 0) is 47.0 Å². The van der Waals surface area contributed by atoms with E-state index in [1.165, 1.54) is 11.3 Å². The summed E-state index contributed by atoms with van der Waals surface area (Å²) < 4.78 is 6.33. The molecule has 0 N–H and O–H groups in total. The first-order valence-electron chi connectivity index (χ1n) is 10.7. The van der Waals surface area contributed by atoms with Crippen molar-refractivity contribution in [3.8, 4) is 16.9 Å². The highest BCUT2D eigenvalue weighted by molar-refractivity contribution is 7.22. The van der Waals surface area contributed by atoms with Gasteiger partial charge in [-0.1, -0.05) is 84.1 Å². The predicted octanol–water partition coefficient (Wildman–Crippen LogP) is 6.82. The molecule has 0 fully saturated rings. The van der Waals surface area contributed by atoms with Crippen LogP contribution in [0.25, 0.3) is 21.3 Å². The molecule has 162 valence electrons. The Labute approximate surface area is 196 Å². The number of fused-ring (bicyclic) bond motifs is 1. The monoisotopic (exact) mass is 450 g/mol. The standard InChI is InChI=1S/C28H22N2O2S/c1-32-24-16-17-25-26(18-24)33-28(29-25)30(19-20-8-4-2-5-9-20)27(31)23-14-12-22(13-15-23)21-10-6-3-7-11-21/h2-18H,19H2,1H3. The number of methoxy groups -OCH3 is 1. The molecule has 0 radical (unpaired) electrons. The maximum absolute atomic E-state index is 13.7. The van der Waals surface area contributed by atoms with E-state index in [2.05, 4.69) is 12.1 Å². The fraction of sp³-hybridized carbons (Fsp3) is 0.0714. The summed E-state index contributed by atoms with van der Waals surface area (Å²) in [6.45, 7) is 0.442. The molecule has 0 aliphatic carbocycles. The second kappa shape index (κ2) is 9.27. The summed E-state index contributed by atoms with van der Waals surface area (Å²) in [4.78, 5) is 20.2. The highest BCUT2D eigenvalue weighted by atomic mass is 32.1. The van der Waals surface area contributed by atoms with Gasteiger partial charge in [0, 0.05) is 5.56 Å². The molecule has 0 bridgehead atoms. The van der Waals surface area contributed by atoms with Gasteiger partial charge in [-0.25, -0.2) is 4.98 Å². The molecule has 0 atom stereocenters. The zero-order chi connectivity index (χ0) is 22.6. The fourth-order valence-electron chi connectivity index (χ4n) is 3.72. The number of carbonyl (C=O) groups is 1. The van der Waals surface area contributed by atoms with Crippen LogP contribution in [0.3, 0.4) is 0 Å². The number of hydrogen-bond donors (Lipinski definition) is 0. The second-order valence-corrected chi connectivity index (χ2v) is 8.66. The molecule has 0 aliphatic rings. The van der Waals surface area contributed by atoms with Gasteiger partial charge in [0.25, 0.3) is 5.91 Å². The van der Waals surface area contributed by atoms with E-state index in [9.17, 15) is 4.79 Å². The van der Waals surface area contributed by atoms with Gasteiger partial charge in [0.15, 0.2) is 5.13 Å². The van der Waals surface area contributed by atoms with Gasteiger partial charge in [0.1, 0.15) is 5.75 Å². The molecule has 0 spiro atoms. The second-order valence-electron chi connectivity index (χ2n) is 7.65. The Morgan fingerprint density at radius 3 is 2.21 bits per heavy atom. The zero-order valence-electron chi connectivity index (χ0n) is 18.1. The number of nitrogens with zero attached hydrogens (tertiary/aromatic N) is 2. The third-order valence-corrected chi connectivity index (χ3v) is 6.52. The van der Waals surface area contributed by atoms with E-state index in [0.29, 0.717) is 17.2 Å². The van der Waals surface area contributed by atoms with Crippen LogP contribution in [0.5, 0.6) is 5.75 Å². The summed E-state index contributed by atoms with van der Waals surface area (Å²) in [7, 11) is 1.65. The number of benzene rings is 4. The largest absolute Gasteiger partial charge is 0.497 e. The minimum Gasteiger partial charge on any atom is -0.497 e. The predicted molar refractivity (Wildman–Crippen MR) is 135 cm³/mol. The van der Waals surface area contributed by atoms with Crippen LogP contribution in [-0.2, 0) is 6.54 Å². The summed E-state index contributed by atoms with van der Waals surface area (Å²) in [6.07, 6.45) is 0. The first-order chi connectivity index (χ1) is 16.2. The molecule has 0 saturated heterocycles. The molecule has 5 aromatic rings. The van der Waals surface area contributed by atoms with E-state index in [4.69, 9.17) is 9.72 Å². The average Bonchev–Trinajstić information content (AvgIpc) is 3.31. The van der Waals surface area contributed by atoms with Crippen LogP contribution in [0.1, 0.15) is 15.9 Å². The van der Waals surface area contributed by atoms with Gasteiger partial charge in [-0.3, -0.25) is 9.69 Å². The van der Waals surface area contributed by atoms with Crippen LogP contribution in [-0.4, -0.2) is 18.0 Å². The van der Waals surface area contributed by atoms with Crippen molar-refractivity contribution in [1.29, 1.82) is 0 Å². The number of hydrogen-bond acceptors (Lipinski definition) is 4. The van der Waals surface area contributed by atoms with Crippen molar-refractivity contribution in [2.45, 2.75) is 6.54 Å². The summed E-state index contributed by atoms with van der Waals surface area (Å²) in [5.41, 5.74) is 4.72. The molecule has 5 rings (SSSR count). The van der Waals surface area contributed by atoms with Crippen LogP contribution >= 0.6 is 11.3 Å². The van der Waals surface area contributed by atoms with Gasteiger partial charge < -0.3 is 4.74 Å².